The van der Waals surface area contributed by atoms with E-state index in [4.69, 9.17) is 11.6 Å². The molecular formula is C19H15ClF5N5O. The number of amides is 1. The first-order valence-corrected chi connectivity index (χ1v) is 9.17. The number of alkyl halides is 5. The molecule has 12 heteroatoms. The van der Waals surface area contributed by atoms with E-state index in [0.717, 1.165) is 6.07 Å². The van der Waals surface area contributed by atoms with Crippen LogP contribution < -0.4 is 5.32 Å². The zero-order valence-corrected chi connectivity index (χ0v) is 16.8. The van der Waals surface area contributed by atoms with Gasteiger partial charge in [0.05, 0.1) is 16.6 Å². The van der Waals surface area contributed by atoms with Crippen LogP contribution in [0.4, 0.5) is 22.0 Å². The average Bonchev–Trinajstić information content (AvgIpc) is 3.16. The van der Waals surface area contributed by atoms with Crippen LogP contribution in [0.5, 0.6) is 0 Å². The number of carbonyl (C=O) groups excluding carboxylic acids is 1. The van der Waals surface area contributed by atoms with E-state index >= 15 is 0 Å². The van der Waals surface area contributed by atoms with Crippen molar-refractivity contribution in [2.45, 2.75) is 32.0 Å². The van der Waals surface area contributed by atoms with Gasteiger partial charge in [0.15, 0.2) is 11.6 Å². The Morgan fingerprint density at radius 2 is 1.77 bits per heavy atom. The van der Waals surface area contributed by atoms with Crippen molar-refractivity contribution in [3.8, 4) is 5.82 Å². The lowest BCUT2D eigenvalue weighted by atomic mass is 10.0. The highest BCUT2D eigenvalue weighted by Gasteiger charge is 2.35. The van der Waals surface area contributed by atoms with Crippen LogP contribution in [-0.2, 0) is 12.1 Å². The minimum Gasteiger partial charge on any atom is -0.342 e. The second kappa shape index (κ2) is 8.22. The van der Waals surface area contributed by atoms with Gasteiger partial charge in [-0.2, -0.15) is 23.0 Å². The van der Waals surface area contributed by atoms with Crippen LogP contribution in [0.25, 0.3) is 5.82 Å². The molecule has 0 bridgehead atoms. The molecule has 0 saturated heterocycles. The van der Waals surface area contributed by atoms with E-state index in [1.807, 2.05) is 0 Å². The van der Waals surface area contributed by atoms with Crippen LogP contribution in [-0.4, -0.2) is 25.7 Å². The summed E-state index contributed by atoms with van der Waals surface area (Å²) in [6.07, 6.45) is -2.32. The monoisotopic (exact) mass is 459 g/mol. The Labute approximate surface area is 178 Å². The van der Waals surface area contributed by atoms with E-state index in [1.165, 1.54) is 24.1 Å². The van der Waals surface area contributed by atoms with E-state index in [0.29, 0.717) is 29.9 Å². The highest BCUT2D eigenvalue weighted by molar-refractivity contribution is 6.30. The van der Waals surface area contributed by atoms with Gasteiger partial charge in [-0.25, -0.2) is 18.7 Å². The molecule has 0 aliphatic rings. The summed E-state index contributed by atoms with van der Waals surface area (Å²) < 4.78 is 68.1. The maximum absolute atomic E-state index is 13.7. The Kier molecular flexibility index (Phi) is 5.99. The minimum atomic E-state index is -4.90. The number of halogens is 6. The molecule has 1 atom stereocenters. The summed E-state index contributed by atoms with van der Waals surface area (Å²) in [5.41, 5.74) is -2.83. The Morgan fingerprint density at radius 1 is 1.10 bits per heavy atom. The fourth-order valence-electron chi connectivity index (χ4n) is 2.74. The summed E-state index contributed by atoms with van der Waals surface area (Å²) in [5.74, 6) is -3.99. The smallest absolute Gasteiger partial charge is 0.342 e. The fraction of sp³-hybridized carbons (Fsp3) is 0.263. The standard InChI is InChI=1S/C19H15ClF5N5O/c1-10(16-27-9-28-30(16)15-4-3-14(20)8-26-15)29-17(31)11-5-12(18(2,21)22)7-13(6-11)19(23,24)25/h3-10H,1-2H3,(H,29,31). The summed E-state index contributed by atoms with van der Waals surface area (Å²) >= 11 is 5.80. The molecule has 1 unspecified atom stereocenters. The second-order valence-corrected chi connectivity index (χ2v) is 7.18. The molecule has 1 N–H and O–H groups in total. The van der Waals surface area contributed by atoms with Gasteiger partial charge in [0, 0.05) is 24.2 Å². The number of aromatic nitrogens is 4. The number of rotatable bonds is 5. The lowest BCUT2D eigenvalue weighted by molar-refractivity contribution is -0.137. The number of hydrogen-bond donors (Lipinski definition) is 1. The van der Waals surface area contributed by atoms with Gasteiger partial charge in [0.2, 0.25) is 0 Å². The summed E-state index contributed by atoms with van der Waals surface area (Å²) in [6, 6.07) is 3.84. The van der Waals surface area contributed by atoms with Crippen molar-refractivity contribution >= 4 is 17.5 Å². The molecule has 1 amide bonds. The number of nitrogens with one attached hydrogen (secondary N) is 1. The van der Waals surface area contributed by atoms with Crippen molar-refractivity contribution < 1.29 is 26.7 Å². The van der Waals surface area contributed by atoms with Crippen molar-refractivity contribution in [2.24, 2.45) is 0 Å². The van der Waals surface area contributed by atoms with Crippen molar-refractivity contribution in [3.05, 3.63) is 70.4 Å². The van der Waals surface area contributed by atoms with Gasteiger partial charge < -0.3 is 5.32 Å². The topological polar surface area (TPSA) is 72.7 Å². The predicted molar refractivity (Wildman–Crippen MR) is 101 cm³/mol. The van der Waals surface area contributed by atoms with Gasteiger partial charge in [-0.1, -0.05) is 11.6 Å². The molecular weight excluding hydrogens is 445 g/mol. The lowest BCUT2D eigenvalue weighted by Gasteiger charge is -2.18. The van der Waals surface area contributed by atoms with Gasteiger partial charge in [-0.3, -0.25) is 4.79 Å². The van der Waals surface area contributed by atoms with Gasteiger partial charge in [-0.15, -0.1) is 0 Å². The molecule has 3 aromatic rings. The van der Waals surface area contributed by atoms with Crippen molar-refractivity contribution in [3.63, 3.8) is 0 Å². The number of carbonyl (C=O) groups is 1. The third kappa shape index (κ3) is 5.16. The van der Waals surface area contributed by atoms with Gasteiger partial charge in [0.1, 0.15) is 6.33 Å². The molecule has 0 spiro atoms. The lowest BCUT2D eigenvalue weighted by Crippen LogP contribution is -2.29. The first-order valence-electron chi connectivity index (χ1n) is 8.79. The minimum absolute atomic E-state index is 0.219. The van der Waals surface area contributed by atoms with Gasteiger partial charge in [-0.05, 0) is 37.3 Å². The Bertz CT molecular complexity index is 1060. The normalized spacial score (nSPS) is 13.2. The highest BCUT2D eigenvalue weighted by Crippen LogP contribution is 2.35. The summed E-state index contributed by atoms with van der Waals surface area (Å²) in [7, 11) is 0. The molecule has 2 heterocycles. The van der Waals surface area contributed by atoms with Crippen molar-refractivity contribution in [1.82, 2.24) is 25.1 Å². The molecule has 0 aliphatic carbocycles. The van der Waals surface area contributed by atoms with E-state index in [2.05, 4.69) is 20.4 Å². The molecule has 31 heavy (non-hydrogen) atoms. The van der Waals surface area contributed by atoms with Crippen LogP contribution in [0, 0.1) is 0 Å². The SMILES string of the molecule is CC(NC(=O)c1cc(C(C)(F)F)cc(C(F)(F)F)c1)c1ncnn1-c1ccc(Cl)cn1. The summed E-state index contributed by atoms with van der Waals surface area (Å²) in [5, 5.41) is 6.85. The maximum atomic E-state index is 13.7. The quantitative estimate of drug-likeness (QED) is 0.549. The van der Waals surface area contributed by atoms with Gasteiger partial charge >= 0.3 is 6.18 Å². The summed E-state index contributed by atoms with van der Waals surface area (Å²) in [4.78, 5) is 20.7. The Morgan fingerprint density at radius 3 is 2.35 bits per heavy atom. The van der Waals surface area contributed by atoms with Crippen LogP contribution in [0.3, 0.4) is 0 Å². The molecule has 0 saturated carbocycles. The molecule has 0 radical (unpaired) electrons. The third-order valence-electron chi connectivity index (χ3n) is 4.27. The Balaban J connectivity index is 1.90. The maximum Gasteiger partial charge on any atom is 0.416 e. The average molecular weight is 460 g/mol. The molecule has 0 fully saturated rings. The molecule has 0 aliphatic heterocycles. The first kappa shape index (κ1) is 22.6. The van der Waals surface area contributed by atoms with E-state index in [-0.39, 0.29) is 5.82 Å². The van der Waals surface area contributed by atoms with Crippen LogP contribution >= 0.6 is 11.6 Å². The fourth-order valence-corrected chi connectivity index (χ4v) is 2.85. The second-order valence-electron chi connectivity index (χ2n) is 6.74. The molecule has 1 aromatic carbocycles. The molecule has 2 aromatic heterocycles. The number of pyridine rings is 1. The van der Waals surface area contributed by atoms with E-state index in [9.17, 15) is 26.7 Å². The van der Waals surface area contributed by atoms with Gasteiger partial charge in [0.25, 0.3) is 11.8 Å². The number of benzene rings is 1. The largest absolute Gasteiger partial charge is 0.416 e. The number of hydrogen-bond acceptors (Lipinski definition) is 4. The molecule has 6 nitrogen and oxygen atoms in total. The zero-order chi connectivity index (χ0) is 23.0. The highest BCUT2D eigenvalue weighted by atomic mass is 35.5. The van der Waals surface area contributed by atoms with E-state index in [1.54, 1.807) is 12.1 Å². The number of nitrogens with zero attached hydrogens (tertiary/aromatic N) is 4. The first-order chi connectivity index (χ1) is 14.4. The van der Waals surface area contributed by atoms with Crippen LogP contribution in [0.2, 0.25) is 5.02 Å². The molecule has 3 rings (SSSR count). The Hall–Kier alpha value is -3.08. The third-order valence-corrected chi connectivity index (χ3v) is 4.49. The predicted octanol–water partition coefficient (Wildman–Crippen LogP) is 4.94. The van der Waals surface area contributed by atoms with Crippen LogP contribution in [0.1, 0.15) is 47.2 Å². The van der Waals surface area contributed by atoms with Crippen molar-refractivity contribution in [2.75, 3.05) is 0 Å². The molecule has 164 valence electrons. The van der Waals surface area contributed by atoms with Crippen LogP contribution in [0.15, 0.2) is 42.9 Å². The van der Waals surface area contributed by atoms with E-state index < -0.39 is 40.7 Å². The zero-order valence-electron chi connectivity index (χ0n) is 16.1. The van der Waals surface area contributed by atoms with Crippen molar-refractivity contribution in [1.29, 1.82) is 0 Å². The summed E-state index contributed by atoms with van der Waals surface area (Å²) in [6.45, 7) is 1.96.